The fourth-order valence-electron chi connectivity index (χ4n) is 4.18. The third-order valence-electron chi connectivity index (χ3n) is 5.50. The highest BCUT2D eigenvalue weighted by molar-refractivity contribution is 9.11. The Hall–Kier alpha value is -1.72. The molecular formula is C28H16Br4. The molecule has 0 saturated carbocycles. The number of hydrogen-bond donors (Lipinski definition) is 0. The average molecular weight is 672 g/mol. The van der Waals surface area contributed by atoms with Gasteiger partial charge >= 0.3 is 0 Å². The molecule has 32 heavy (non-hydrogen) atoms. The summed E-state index contributed by atoms with van der Waals surface area (Å²) in [5, 5.41) is 0. The van der Waals surface area contributed by atoms with Crippen LogP contribution in [0.15, 0.2) is 115 Å². The summed E-state index contributed by atoms with van der Waals surface area (Å²) in [7, 11) is 0. The predicted octanol–water partition coefficient (Wildman–Crippen LogP) is 10.8. The lowest BCUT2D eigenvalue weighted by Crippen LogP contribution is -1.84. The van der Waals surface area contributed by atoms with Gasteiger partial charge in [-0.3, -0.25) is 0 Å². The molecule has 0 radical (unpaired) electrons. The predicted molar refractivity (Wildman–Crippen MR) is 150 cm³/mol. The van der Waals surface area contributed by atoms with Crippen LogP contribution in [0.25, 0.3) is 44.5 Å². The lowest BCUT2D eigenvalue weighted by Gasteiger charge is -2.11. The molecule has 0 atom stereocenters. The first-order valence-electron chi connectivity index (χ1n) is 10.0. The molecule has 0 nitrogen and oxygen atoms in total. The molecule has 4 heteroatoms. The van der Waals surface area contributed by atoms with Gasteiger partial charge in [0.05, 0.1) is 0 Å². The second-order valence-corrected chi connectivity index (χ2v) is 11.2. The third kappa shape index (κ3) is 4.26. The molecule has 0 unspecified atom stereocenters. The SMILES string of the molecule is Brc1ccc(-c2c3cc(Br)cc(Br)cc-3c(-c3ccc(Br)cc3)c2-c2ccccc2)cc1. The highest BCUT2D eigenvalue weighted by atomic mass is 79.9. The molecule has 0 fully saturated rings. The lowest BCUT2D eigenvalue weighted by atomic mass is 9.93. The lowest BCUT2D eigenvalue weighted by molar-refractivity contribution is 1.59. The summed E-state index contributed by atoms with van der Waals surface area (Å²) < 4.78 is 4.20. The van der Waals surface area contributed by atoms with E-state index in [2.05, 4.69) is 161 Å². The highest BCUT2D eigenvalue weighted by Crippen LogP contribution is 2.53. The van der Waals surface area contributed by atoms with E-state index in [9.17, 15) is 0 Å². The molecule has 0 heterocycles. The van der Waals surface area contributed by atoms with Crippen molar-refractivity contribution in [2.75, 3.05) is 0 Å². The van der Waals surface area contributed by atoms with Crippen molar-refractivity contribution in [3.8, 4) is 44.5 Å². The summed E-state index contributed by atoms with van der Waals surface area (Å²) in [6.07, 6.45) is 0. The molecule has 3 aromatic rings. The normalized spacial score (nSPS) is 11.1. The second-order valence-electron chi connectivity index (χ2n) is 7.53. The number of benzene rings is 3. The van der Waals surface area contributed by atoms with Crippen LogP contribution < -0.4 is 0 Å². The van der Waals surface area contributed by atoms with E-state index in [-0.39, 0.29) is 0 Å². The summed E-state index contributed by atoms with van der Waals surface area (Å²) in [5.41, 5.74) is 9.72. The first-order chi connectivity index (χ1) is 15.5. The van der Waals surface area contributed by atoms with Crippen LogP contribution in [0.3, 0.4) is 0 Å². The molecule has 0 aromatic heterocycles. The minimum Gasteiger partial charge on any atom is -0.0622 e. The van der Waals surface area contributed by atoms with Crippen molar-refractivity contribution >= 4 is 63.7 Å². The van der Waals surface area contributed by atoms with Crippen LogP contribution in [0.2, 0.25) is 0 Å². The van der Waals surface area contributed by atoms with Crippen LogP contribution in [0, 0.1) is 0 Å². The molecule has 0 N–H and O–H groups in total. The topological polar surface area (TPSA) is 0 Å². The Labute approximate surface area is 221 Å². The number of halogens is 4. The maximum atomic E-state index is 3.74. The molecule has 156 valence electrons. The van der Waals surface area contributed by atoms with Crippen molar-refractivity contribution in [3.63, 3.8) is 0 Å². The molecule has 3 aromatic carbocycles. The minimum absolute atomic E-state index is 1.03. The Kier molecular flexibility index (Phi) is 6.39. The molecule has 2 aliphatic rings. The Bertz CT molecular complexity index is 1290. The smallest absolute Gasteiger partial charge is 0.0192 e. The van der Waals surface area contributed by atoms with Gasteiger partial charge in [0, 0.05) is 17.9 Å². The summed E-state index contributed by atoms with van der Waals surface area (Å²) in [5.74, 6) is 0. The van der Waals surface area contributed by atoms with E-state index >= 15 is 0 Å². The van der Waals surface area contributed by atoms with Gasteiger partial charge in [-0.2, -0.15) is 0 Å². The van der Waals surface area contributed by atoms with Crippen LogP contribution in [0.1, 0.15) is 0 Å². The molecule has 0 bridgehead atoms. The van der Waals surface area contributed by atoms with Gasteiger partial charge in [0.2, 0.25) is 0 Å². The zero-order chi connectivity index (χ0) is 22.2. The Balaban J connectivity index is 1.98. The van der Waals surface area contributed by atoms with Crippen LogP contribution in [-0.4, -0.2) is 0 Å². The van der Waals surface area contributed by atoms with Crippen molar-refractivity contribution in [1.29, 1.82) is 0 Å². The van der Waals surface area contributed by atoms with Crippen LogP contribution in [-0.2, 0) is 0 Å². The van der Waals surface area contributed by atoms with Gasteiger partial charge in [0.1, 0.15) is 0 Å². The maximum absolute atomic E-state index is 3.74. The number of hydrogen-bond acceptors (Lipinski definition) is 0. The molecule has 5 rings (SSSR count). The van der Waals surface area contributed by atoms with Gasteiger partial charge in [-0.1, -0.05) is 118 Å². The van der Waals surface area contributed by atoms with Gasteiger partial charge in [-0.25, -0.2) is 0 Å². The minimum atomic E-state index is 1.03. The van der Waals surface area contributed by atoms with Gasteiger partial charge < -0.3 is 0 Å². The largest absolute Gasteiger partial charge is 0.0622 e. The van der Waals surface area contributed by atoms with Crippen molar-refractivity contribution in [1.82, 2.24) is 0 Å². The van der Waals surface area contributed by atoms with E-state index < -0.39 is 0 Å². The van der Waals surface area contributed by atoms with Gasteiger partial charge in [-0.15, -0.1) is 0 Å². The van der Waals surface area contributed by atoms with E-state index in [1.165, 1.54) is 44.5 Å². The summed E-state index contributed by atoms with van der Waals surface area (Å²) >= 11 is 14.7. The zero-order valence-corrected chi connectivity index (χ0v) is 23.1. The average Bonchev–Trinajstić information content (AvgIpc) is 3.00. The first kappa shape index (κ1) is 22.1. The van der Waals surface area contributed by atoms with Crippen LogP contribution in [0.4, 0.5) is 0 Å². The number of rotatable bonds is 3. The van der Waals surface area contributed by atoms with E-state index in [1.54, 1.807) is 0 Å². The van der Waals surface area contributed by atoms with Crippen LogP contribution in [0.5, 0.6) is 0 Å². The third-order valence-corrected chi connectivity index (χ3v) is 7.47. The molecule has 0 aliphatic heterocycles. The fourth-order valence-corrected chi connectivity index (χ4v) is 5.97. The van der Waals surface area contributed by atoms with E-state index in [0.717, 1.165) is 17.9 Å². The van der Waals surface area contributed by atoms with Crippen LogP contribution >= 0.6 is 63.7 Å². The molecule has 2 aliphatic carbocycles. The highest BCUT2D eigenvalue weighted by Gasteiger charge is 2.26. The van der Waals surface area contributed by atoms with Crippen molar-refractivity contribution in [2.45, 2.75) is 0 Å². The standard InChI is InChI=1S/C28H16Br4/c29-20-10-6-18(7-11-20)26-24-15-22(31)14-23(32)16-25(24)27(19-8-12-21(30)13-9-19)28(26)17-4-2-1-3-5-17/h1-16H. The van der Waals surface area contributed by atoms with Gasteiger partial charge in [0.15, 0.2) is 0 Å². The summed E-state index contributed by atoms with van der Waals surface area (Å²) in [6, 6.07) is 34.4. The van der Waals surface area contributed by atoms with E-state index in [1.807, 2.05) is 0 Å². The molecule has 0 saturated heterocycles. The monoisotopic (exact) mass is 668 g/mol. The van der Waals surface area contributed by atoms with Crippen molar-refractivity contribution in [2.24, 2.45) is 0 Å². The second kappa shape index (κ2) is 9.26. The Morgan fingerprint density at radius 2 is 0.750 bits per heavy atom. The van der Waals surface area contributed by atoms with Gasteiger partial charge in [0.25, 0.3) is 0 Å². The Morgan fingerprint density at radius 3 is 1.19 bits per heavy atom. The Morgan fingerprint density at radius 1 is 0.344 bits per heavy atom. The maximum Gasteiger partial charge on any atom is 0.0192 e. The molecule has 0 spiro atoms. The summed E-state index contributed by atoms with van der Waals surface area (Å²) in [4.78, 5) is 0. The van der Waals surface area contributed by atoms with E-state index in [0.29, 0.717) is 0 Å². The zero-order valence-electron chi connectivity index (χ0n) is 16.7. The number of fused-ring (bicyclic) bond motifs is 1. The summed E-state index contributed by atoms with van der Waals surface area (Å²) in [6.45, 7) is 0. The molecule has 0 amide bonds. The van der Waals surface area contributed by atoms with Crippen molar-refractivity contribution < 1.29 is 0 Å². The van der Waals surface area contributed by atoms with Gasteiger partial charge in [-0.05, 0) is 87.0 Å². The molecular weight excluding hydrogens is 656 g/mol. The first-order valence-corrected chi connectivity index (χ1v) is 13.2. The van der Waals surface area contributed by atoms with E-state index in [4.69, 9.17) is 0 Å². The fraction of sp³-hybridized carbons (Fsp3) is 0. The van der Waals surface area contributed by atoms with Crippen molar-refractivity contribution in [3.05, 3.63) is 115 Å². The quantitative estimate of drug-likeness (QED) is 0.179.